The topological polar surface area (TPSA) is 38.9 Å². The molecule has 13 heavy (non-hydrogen) atoms. The Bertz CT molecular complexity index is 470. The third-order valence-electron chi connectivity index (χ3n) is 1.76. The SMILES string of the molecule is Nc1cc2cc(Cl)ccc2nc1Br. The Morgan fingerprint density at radius 3 is 2.85 bits per heavy atom. The Balaban J connectivity index is 2.81. The molecule has 2 aromatic rings. The van der Waals surface area contributed by atoms with E-state index in [0.717, 1.165) is 10.9 Å². The zero-order valence-corrected chi connectivity index (χ0v) is 8.93. The van der Waals surface area contributed by atoms with Crippen molar-refractivity contribution in [1.29, 1.82) is 0 Å². The molecule has 1 aromatic heterocycles. The van der Waals surface area contributed by atoms with Crippen molar-refractivity contribution in [2.75, 3.05) is 5.73 Å². The molecule has 0 saturated carbocycles. The van der Waals surface area contributed by atoms with Gasteiger partial charge in [0.05, 0.1) is 11.2 Å². The standard InChI is InChI=1S/C9H6BrClN2/c10-9-7(12)4-5-3-6(11)1-2-8(5)13-9/h1-4H,12H2. The van der Waals surface area contributed by atoms with Gasteiger partial charge in [0.25, 0.3) is 0 Å². The van der Waals surface area contributed by atoms with E-state index >= 15 is 0 Å². The summed E-state index contributed by atoms with van der Waals surface area (Å²) in [7, 11) is 0. The fraction of sp³-hybridized carbons (Fsp3) is 0. The summed E-state index contributed by atoms with van der Waals surface area (Å²) in [6.07, 6.45) is 0. The highest BCUT2D eigenvalue weighted by Gasteiger charge is 2.01. The molecule has 0 amide bonds. The van der Waals surface area contributed by atoms with Gasteiger partial charge in [-0.1, -0.05) is 11.6 Å². The predicted molar refractivity (Wildman–Crippen MR) is 58.9 cm³/mol. The Morgan fingerprint density at radius 2 is 2.08 bits per heavy atom. The Labute approximate surface area is 88.8 Å². The number of nitrogens with zero attached hydrogens (tertiary/aromatic N) is 1. The first-order chi connectivity index (χ1) is 6.16. The monoisotopic (exact) mass is 256 g/mol. The summed E-state index contributed by atoms with van der Waals surface area (Å²) in [6, 6.07) is 7.35. The van der Waals surface area contributed by atoms with E-state index in [1.54, 1.807) is 6.07 Å². The first-order valence-corrected chi connectivity index (χ1v) is 4.85. The summed E-state index contributed by atoms with van der Waals surface area (Å²) in [4.78, 5) is 4.25. The van der Waals surface area contributed by atoms with Crippen LogP contribution in [-0.2, 0) is 0 Å². The number of nitrogens with two attached hydrogens (primary N) is 1. The molecule has 0 bridgehead atoms. The summed E-state index contributed by atoms with van der Waals surface area (Å²) >= 11 is 9.10. The maximum absolute atomic E-state index is 5.83. The van der Waals surface area contributed by atoms with Gasteiger partial charge in [0.15, 0.2) is 0 Å². The molecule has 66 valence electrons. The number of aromatic nitrogens is 1. The minimum absolute atomic E-state index is 0.620. The number of hydrogen-bond donors (Lipinski definition) is 1. The normalized spacial score (nSPS) is 10.6. The molecule has 0 spiro atoms. The number of hydrogen-bond acceptors (Lipinski definition) is 2. The number of pyridine rings is 1. The largest absolute Gasteiger partial charge is 0.397 e. The van der Waals surface area contributed by atoms with Crippen LogP contribution in [0.1, 0.15) is 0 Å². The summed E-state index contributed by atoms with van der Waals surface area (Å²) in [6.45, 7) is 0. The van der Waals surface area contributed by atoms with Crippen LogP contribution < -0.4 is 5.73 Å². The lowest BCUT2D eigenvalue weighted by molar-refractivity contribution is 1.36. The number of halogens is 2. The molecule has 1 aromatic carbocycles. The van der Waals surface area contributed by atoms with E-state index in [0.29, 0.717) is 15.3 Å². The zero-order valence-electron chi connectivity index (χ0n) is 6.59. The van der Waals surface area contributed by atoms with Gasteiger partial charge in [-0.05, 0) is 40.2 Å². The van der Waals surface area contributed by atoms with E-state index in [-0.39, 0.29) is 0 Å². The number of benzene rings is 1. The van der Waals surface area contributed by atoms with E-state index in [1.807, 2.05) is 18.2 Å². The Morgan fingerprint density at radius 1 is 1.31 bits per heavy atom. The molecule has 2 nitrogen and oxygen atoms in total. The first-order valence-electron chi connectivity index (χ1n) is 3.68. The van der Waals surface area contributed by atoms with Crippen molar-refractivity contribution in [3.05, 3.63) is 33.9 Å². The second-order valence-corrected chi connectivity index (χ2v) is 3.89. The molecule has 0 aliphatic heterocycles. The number of anilines is 1. The van der Waals surface area contributed by atoms with Gasteiger partial charge in [0, 0.05) is 10.4 Å². The smallest absolute Gasteiger partial charge is 0.129 e. The van der Waals surface area contributed by atoms with Gasteiger partial charge < -0.3 is 5.73 Å². The van der Waals surface area contributed by atoms with E-state index in [2.05, 4.69) is 20.9 Å². The average molecular weight is 258 g/mol. The predicted octanol–water partition coefficient (Wildman–Crippen LogP) is 3.23. The van der Waals surface area contributed by atoms with E-state index in [4.69, 9.17) is 17.3 Å². The fourth-order valence-corrected chi connectivity index (χ4v) is 1.63. The average Bonchev–Trinajstić information content (AvgIpc) is 2.08. The van der Waals surface area contributed by atoms with Crippen LogP contribution in [0.4, 0.5) is 5.69 Å². The lowest BCUT2D eigenvalue weighted by Gasteiger charge is -2.01. The second-order valence-electron chi connectivity index (χ2n) is 2.71. The lowest BCUT2D eigenvalue weighted by Crippen LogP contribution is -1.90. The van der Waals surface area contributed by atoms with Crippen molar-refractivity contribution in [3.8, 4) is 0 Å². The molecule has 0 atom stereocenters. The molecule has 4 heteroatoms. The minimum atomic E-state index is 0.620. The van der Waals surface area contributed by atoms with Gasteiger partial charge in [-0.25, -0.2) is 4.98 Å². The molecule has 0 radical (unpaired) electrons. The third-order valence-corrected chi connectivity index (χ3v) is 2.63. The summed E-state index contributed by atoms with van der Waals surface area (Å²) in [5, 5.41) is 1.64. The van der Waals surface area contributed by atoms with Crippen molar-refractivity contribution >= 4 is 44.1 Å². The highest BCUT2D eigenvalue weighted by molar-refractivity contribution is 9.10. The Hall–Kier alpha value is -0.800. The molecule has 2 N–H and O–H groups in total. The quantitative estimate of drug-likeness (QED) is 0.736. The van der Waals surface area contributed by atoms with Crippen molar-refractivity contribution in [2.45, 2.75) is 0 Å². The summed E-state index contributed by atoms with van der Waals surface area (Å²) < 4.78 is 0.669. The van der Waals surface area contributed by atoms with Gasteiger partial charge in [0.2, 0.25) is 0 Å². The fourth-order valence-electron chi connectivity index (χ4n) is 1.14. The van der Waals surface area contributed by atoms with Gasteiger partial charge in [-0.2, -0.15) is 0 Å². The lowest BCUT2D eigenvalue weighted by atomic mass is 10.2. The molecular formula is C9H6BrClN2. The second kappa shape index (κ2) is 3.16. The number of fused-ring (bicyclic) bond motifs is 1. The van der Waals surface area contributed by atoms with Crippen molar-refractivity contribution in [3.63, 3.8) is 0 Å². The summed E-state index contributed by atoms with van der Waals surface area (Å²) in [5.41, 5.74) is 7.18. The Kier molecular flexibility index (Phi) is 2.14. The molecule has 1 heterocycles. The van der Waals surface area contributed by atoms with E-state index in [1.165, 1.54) is 0 Å². The first kappa shape index (κ1) is 8.78. The highest BCUT2D eigenvalue weighted by Crippen LogP contribution is 2.24. The van der Waals surface area contributed by atoms with Crippen LogP contribution in [0.25, 0.3) is 10.9 Å². The van der Waals surface area contributed by atoms with Crippen LogP contribution in [0, 0.1) is 0 Å². The van der Waals surface area contributed by atoms with Crippen LogP contribution in [0.5, 0.6) is 0 Å². The maximum Gasteiger partial charge on any atom is 0.129 e. The molecule has 2 rings (SSSR count). The highest BCUT2D eigenvalue weighted by atomic mass is 79.9. The zero-order chi connectivity index (χ0) is 9.42. The molecule has 0 aliphatic carbocycles. The number of nitrogen functional groups attached to an aromatic ring is 1. The summed E-state index contributed by atoms with van der Waals surface area (Å²) in [5.74, 6) is 0. The molecule has 0 unspecified atom stereocenters. The third kappa shape index (κ3) is 1.62. The van der Waals surface area contributed by atoms with E-state index < -0.39 is 0 Å². The van der Waals surface area contributed by atoms with Crippen LogP contribution >= 0.6 is 27.5 Å². The van der Waals surface area contributed by atoms with Crippen molar-refractivity contribution in [1.82, 2.24) is 4.98 Å². The van der Waals surface area contributed by atoms with Gasteiger partial charge in [-0.15, -0.1) is 0 Å². The van der Waals surface area contributed by atoms with Crippen LogP contribution in [0.15, 0.2) is 28.9 Å². The molecule has 0 fully saturated rings. The van der Waals surface area contributed by atoms with Crippen molar-refractivity contribution < 1.29 is 0 Å². The molecular weight excluding hydrogens is 251 g/mol. The van der Waals surface area contributed by atoms with Crippen LogP contribution in [0.2, 0.25) is 5.02 Å². The molecule has 0 saturated heterocycles. The van der Waals surface area contributed by atoms with Crippen LogP contribution in [0.3, 0.4) is 0 Å². The van der Waals surface area contributed by atoms with Gasteiger partial charge in [0.1, 0.15) is 4.60 Å². The molecule has 0 aliphatic rings. The maximum atomic E-state index is 5.83. The minimum Gasteiger partial charge on any atom is -0.397 e. The van der Waals surface area contributed by atoms with Gasteiger partial charge in [-0.3, -0.25) is 0 Å². The van der Waals surface area contributed by atoms with Crippen molar-refractivity contribution in [2.24, 2.45) is 0 Å². The van der Waals surface area contributed by atoms with Crippen LogP contribution in [-0.4, -0.2) is 4.98 Å². The van der Waals surface area contributed by atoms with Gasteiger partial charge >= 0.3 is 0 Å². The number of rotatable bonds is 0. The van der Waals surface area contributed by atoms with E-state index in [9.17, 15) is 0 Å².